The normalized spacial score (nSPS) is 16.4. The van der Waals surface area contributed by atoms with E-state index in [0.29, 0.717) is 5.92 Å². The first-order chi connectivity index (χ1) is 7.77. The topological polar surface area (TPSA) is 38.0 Å². The zero-order valence-corrected chi connectivity index (χ0v) is 10.1. The smallest absolute Gasteiger partial charge is 0.146 e. The average molecular weight is 224 g/mol. The summed E-state index contributed by atoms with van der Waals surface area (Å²) in [6.07, 6.45) is 2.17. The molecule has 1 aromatic carbocycles. The number of nitrogens with two attached hydrogens (primary N) is 1. The first kappa shape index (κ1) is 13.0. The highest BCUT2D eigenvalue weighted by atomic mass is 19.1. The molecular weight excluding hydrogens is 203 g/mol. The fraction of sp³-hybridized carbons (Fsp3) is 0.538. The Kier molecular flexibility index (Phi) is 5.26. The molecule has 0 spiro atoms. The SMILES string of the molecule is CC.Nc1ccc(C2CCNCC2)cc1F. The molecule has 3 N–H and O–H groups in total. The van der Waals surface area contributed by atoms with Gasteiger partial charge in [-0.25, -0.2) is 4.39 Å². The molecule has 0 bridgehead atoms. The maximum absolute atomic E-state index is 13.2. The zero-order valence-electron chi connectivity index (χ0n) is 10.1. The standard InChI is InChI=1S/C11H15FN2.C2H6/c12-10-7-9(1-2-11(10)13)8-3-5-14-6-4-8;1-2/h1-2,7-8,14H,3-6,13H2;1-2H3. The third-order valence-corrected chi connectivity index (χ3v) is 2.84. The van der Waals surface area contributed by atoms with Gasteiger partial charge in [0.15, 0.2) is 0 Å². The van der Waals surface area contributed by atoms with Crippen LogP contribution >= 0.6 is 0 Å². The van der Waals surface area contributed by atoms with Crippen molar-refractivity contribution in [1.29, 1.82) is 0 Å². The van der Waals surface area contributed by atoms with Crippen LogP contribution in [0.5, 0.6) is 0 Å². The van der Waals surface area contributed by atoms with Crippen LogP contribution < -0.4 is 11.1 Å². The van der Waals surface area contributed by atoms with Crippen LogP contribution in [0, 0.1) is 5.82 Å². The maximum atomic E-state index is 13.2. The predicted octanol–water partition coefficient (Wildman–Crippen LogP) is 2.90. The van der Waals surface area contributed by atoms with Gasteiger partial charge in [0.1, 0.15) is 5.82 Å². The Balaban J connectivity index is 0.000000606. The predicted molar refractivity (Wildman–Crippen MR) is 67.0 cm³/mol. The van der Waals surface area contributed by atoms with E-state index >= 15 is 0 Å². The van der Waals surface area contributed by atoms with Gasteiger partial charge in [0.25, 0.3) is 0 Å². The summed E-state index contributed by atoms with van der Waals surface area (Å²) in [5.74, 6) is 0.201. The zero-order chi connectivity index (χ0) is 12.0. The fourth-order valence-electron chi connectivity index (χ4n) is 1.95. The van der Waals surface area contributed by atoms with Crippen molar-refractivity contribution in [3.63, 3.8) is 0 Å². The van der Waals surface area contributed by atoms with Gasteiger partial charge in [-0.2, -0.15) is 0 Å². The minimum atomic E-state index is -0.291. The molecule has 0 aliphatic carbocycles. The summed E-state index contributed by atoms with van der Waals surface area (Å²) in [6.45, 7) is 6.05. The molecule has 0 atom stereocenters. The monoisotopic (exact) mass is 224 g/mol. The van der Waals surface area contributed by atoms with Crippen molar-refractivity contribution in [2.24, 2.45) is 0 Å². The van der Waals surface area contributed by atoms with E-state index in [1.807, 2.05) is 19.9 Å². The van der Waals surface area contributed by atoms with E-state index in [1.54, 1.807) is 12.1 Å². The third-order valence-electron chi connectivity index (χ3n) is 2.84. The summed E-state index contributed by atoms with van der Waals surface area (Å²) in [7, 11) is 0. The minimum absolute atomic E-state index is 0.239. The Labute approximate surface area is 97.0 Å². The molecule has 1 heterocycles. The molecule has 1 fully saturated rings. The van der Waals surface area contributed by atoms with Crippen LogP contribution in [0.2, 0.25) is 0 Å². The van der Waals surface area contributed by atoms with Crippen LogP contribution in [0.4, 0.5) is 10.1 Å². The highest BCUT2D eigenvalue weighted by Gasteiger charge is 2.15. The van der Waals surface area contributed by atoms with Gasteiger partial charge in [-0.3, -0.25) is 0 Å². The van der Waals surface area contributed by atoms with Gasteiger partial charge in [0, 0.05) is 0 Å². The van der Waals surface area contributed by atoms with Gasteiger partial charge < -0.3 is 11.1 Å². The molecule has 0 unspecified atom stereocenters. The first-order valence-corrected chi connectivity index (χ1v) is 6.03. The van der Waals surface area contributed by atoms with Crippen LogP contribution in [0.15, 0.2) is 18.2 Å². The molecule has 1 aliphatic rings. The number of piperidine rings is 1. The van der Waals surface area contributed by atoms with Crippen molar-refractivity contribution in [3.8, 4) is 0 Å². The summed E-state index contributed by atoms with van der Waals surface area (Å²) in [4.78, 5) is 0. The summed E-state index contributed by atoms with van der Waals surface area (Å²) in [5, 5.41) is 3.29. The quantitative estimate of drug-likeness (QED) is 0.720. The molecule has 2 nitrogen and oxygen atoms in total. The summed E-state index contributed by atoms with van der Waals surface area (Å²) < 4.78 is 13.2. The van der Waals surface area contributed by atoms with Crippen molar-refractivity contribution in [1.82, 2.24) is 5.32 Å². The van der Waals surface area contributed by atoms with E-state index in [1.165, 1.54) is 0 Å². The Morgan fingerprint density at radius 3 is 2.44 bits per heavy atom. The second-order valence-electron chi connectivity index (χ2n) is 3.81. The number of benzene rings is 1. The molecule has 1 saturated heterocycles. The van der Waals surface area contributed by atoms with E-state index < -0.39 is 0 Å². The van der Waals surface area contributed by atoms with Crippen molar-refractivity contribution >= 4 is 5.69 Å². The van der Waals surface area contributed by atoms with E-state index in [-0.39, 0.29) is 11.5 Å². The number of nitrogens with one attached hydrogen (secondary N) is 1. The molecule has 16 heavy (non-hydrogen) atoms. The van der Waals surface area contributed by atoms with E-state index in [9.17, 15) is 4.39 Å². The molecular formula is C13H21FN2. The Hall–Kier alpha value is -1.09. The molecule has 0 amide bonds. The minimum Gasteiger partial charge on any atom is -0.396 e. The van der Waals surface area contributed by atoms with Crippen molar-refractivity contribution in [2.45, 2.75) is 32.6 Å². The van der Waals surface area contributed by atoms with E-state index in [2.05, 4.69) is 5.32 Å². The lowest BCUT2D eigenvalue weighted by Gasteiger charge is -2.23. The number of hydrogen-bond acceptors (Lipinski definition) is 2. The second kappa shape index (κ2) is 6.48. The van der Waals surface area contributed by atoms with Gasteiger partial charge in [-0.1, -0.05) is 19.9 Å². The van der Waals surface area contributed by atoms with Crippen LogP contribution in [0.3, 0.4) is 0 Å². The molecule has 1 aliphatic heterocycles. The lowest BCUT2D eigenvalue weighted by Crippen LogP contribution is -2.26. The van der Waals surface area contributed by atoms with Crippen LogP contribution in [0.25, 0.3) is 0 Å². The molecule has 0 radical (unpaired) electrons. The number of anilines is 1. The van der Waals surface area contributed by atoms with Gasteiger partial charge >= 0.3 is 0 Å². The molecule has 1 aromatic rings. The number of nitrogen functional groups attached to an aromatic ring is 1. The summed E-state index contributed by atoms with van der Waals surface area (Å²) >= 11 is 0. The number of hydrogen-bond donors (Lipinski definition) is 2. The van der Waals surface area contributed by atoms with Gasteiger partial charge in [0.2, 0.25) is 0 Å². The van der Waals surface area contributed by atoms with Crippen molar-refractivity contribution in [2.75, 3.05) is 18.8 Å². The van der Waals surface area contributed by atoms with E-state index in [4.69, 9.17) is 5.73 Å². The van der Waals surface area contributed by atoms with Crippen LogP contribution in [0.1, 0.15) is 38.2 Å². The van der Waals surface area contributed by atoms with Crippen molar-refractivity contribution < 1.29 is 4.39 Å². The fourth-order valence-corrected chi connectivity index (χ4v) is 1.95. The van der Waals surface area contributed by atoms with Gasteiger partial charge in [-0.05, 0) is 49.5 Å². The largest absolute Gasteiger partial charge is 0.396 e. The Morgan fingerprint density at radius 2 is 1.88 bits per heavy atom. The Morgan fingerprint density at radius 1 is 1.25 bits per heavy atom. The average Bonchev–Trinajstić information content (AvgIpc) is 2.36. The van der Waals surface area contributed by atoms with Crippen LogP contribution in [-0.4, -0.2) is 13.1 Å². The molecule has 0 aromatic heterocycles. The number of halogens is 1. The van der Waals surface area contributed by atoms with Gasteiger partial charge in [-0.15, -0.1) is 0 Å². The summed E-state index contributed by atoms with van der Waals surface area (Å²) in [5.41, 5.74) is 6.75. The summed E-state index contributed by atoms with van der Waals surface area (Å²) in [6, 6.07) is 5.17. The maximum Gasteiger partial charge on any atom is 0.146 e. The highest BCUT2D eigenvalue weighted by Crippen LogP contribution is 2.26. The third kappa shape index (κ3) is 3.20. The molecule has 0 saturated carbocycles. The van der Waals surface area contributed by atoms with Crippen molar-refractivity contribution in [3.05, 3.63) is 29.6 Å². The lowest BCUT2D eigenvalue weighted by molar-refractivity contribution is 0.458. The lowest BCUT2D eigenvalue weighted by atomic mass is 9.90. The van der Waals surface area contributed by atoms with E-state index in [0.717, 1.165) is 31.5 Å². The Bertz CT molecular complexity index is 320. The second-order valence-corrected chi connectivity index (χ2v) is 3.81. The molecule has 90 valence electrons. The molecule has 2 rings (SSSR count). The first-order valence-electron chi connectivity index (χ1n) is 6.03. The molecule has 3 heteroatoms. The van der Waals surface area contributed by atoms with Crippen LogP contribution in [-0.2, 0) is 0 Å². The highest BCUT2D eigenvalue weighted by molar-refractivity contribution is 5.42. The van der Waals surface area contributed by atoms with Gasteiger partial charge in [0.05, 0.1) is 5.69 Å². The number of rotatable bonds is 1.